The van der Waals surface area contributed by atoms with Crippen molar-refractivity contribution in [2.75, 3.05) is 0 Å². The van der Waals surface area contributed by atoms with Crippen molar-refractivity contribution < 1.29 is 22.3 Å². The molecule has 0 atom stereocenters. The lowest BCUT2D eigenvalue weighted by atomic mass is 9.77. The molecular weight excluding hydrogens is 368 g/mol. The van der Waals surface area contributed by atoms with Crippen molar-refractivity contribution in [3.8, 4) is 5.75 Å². The van der Waals surface area contributed by atoms with Crippen molar-refractivity contribution in [1.82, 2.24) is 0 Å². The quantitative estimate of drug-likeness (QED) is 0.354. The van der Waals surface area contributed by atoms with Gasteiger partial charge in [0.2, 0.25) is 0 Å². The molecule has 0 spiro atoms. The van der Waals surface area contributed by atoms with Gasteiger partial charge < -0.3 is 4.74 Å². The van der Waals surface area contributed by atoms with Crippen LogP contribution in [0.5, 0.6) is 5.75 Å². The summed E-state index contributed by atoms with van der Waals surface area (Å²) >= 11 is 0. The average Bonchev–Trinajstić information content (AvgIpc) is 2.68. The van der Waals surface area contributed by atoms with E-state index in [0.717, 1.165) is 49.3 Å². The van der Waals surface area contributed by atoms with Crippen LogP contribution in [0.15, 0.2) is 30.3 Å². The Morgan fingerprint density at radius 3 is 2.21 bits per heavy atom. The van der Waals surface area contributed by atoms with Crippen LogP contribution in [0.3, 0.4) is 0 Å². The van der Waals surface area contributed by atoms with Gasteiger partial charge in [-0.15, -0.1) is 0 Å². The molecule has 1 aliphatic carbocycles. The molecule has 2 aromatic rings. The highest BCUT2D eigenvalue weighted by Crippen LogP contribution is 2.39. The summed E-state index contributed by atoms with van der Waals surface area (Å²) in [6.45, 7) is 2.04. The largest absolute Gasteiger partial charge is 0.489 e. The fourth-order valence-electron chi connectivity index (χ4n) is 4.04. The van der Waals surface area contributed by atoms with Gasteiger partial charge in [0.05, 0.1) is 0 Å². The van der Waals surface area contributed by atoms with Gasteiger partial charge in [-0.25, -0.2) is 17.6 Å². The van der Waals surface area contributed by atoms with Gasteiger partial charge in [0.25, 0.3) is 0 Å². The summed E-state index contributed by atoms with van der Waals surface area (Å²) in [5, 5.41) is 0. The molecule has 1 aliphatic rings. The lowest BCUT2D eigenvalue weighted by Gasteiger charge is -2.29. The number of ether oxygens (including phenoxy) is 1. The van der Waals surface area contributed by atoms with Crippen LogP contribution in [0.2, 0.25) is 0 Å². The maximum absolute atomic E-state index is 14.1. The molecule has 2 aromatic carbocycles. The lowest BCUT2D eigenvalue weighted by molar-refractivity contribution is 0.294. The van der Waals surface area contributed by atoms with E-state index in [0.29, 0.717) is 11.7 Å². The van der Waals surface area contributed by atoms with E-state index in [1.165, 1.54) is 25.3 Å². The van der Waals surface area contributed by atoms with Gasteiger partial charge in [-0.3, -0.25) is 0 Å². The Labute approximate surface area is 163 Å². The Morgan fingerprint density at radius 1 is 0.893 bits per heavy atom. The fraction of sp³-hybridized carbons (Fsp3) is 0.478. The number of hydrogen-bond acceptors (Lipinski definition) is 1. The minimum absolute atomic E-state index is 0.152. The number of unbranched alkanes of at least 4 members (excludes halogenated alkanes) is 1. The zero-order chi connectivity index (χ0) is 20.1. The summed E-state index contributed by atoms with van der Waals surface area (Å²) in [5.41, 5.74) is 1.05. The van der Waals surface area contributed by atoms with E-state index in [1.54, 1.807) is 12.1 Å². The predicted octanol–water partition coefficient (Wildman–Crippen LogP) is 7.29. The van der Waals surface area contributed by atoms with Crippen molar-refractivity contribution in [2.24, 2.45) is 5.92 Å². The van der Waals surface area contributed by atoms with Crippen molar-refractivity contribution >= 4 is 0 Å². The topological polar surface area (TPSA) is 9.23 Å². The zero-order valence-corrected chi connectivity index (χ0v) is 16.1. The summed E-state index contributed by atoms with van der Waals surface area (Å²) in [7, 11) is 0. The SMILES string of the molecule is CCCCC1CCC(c2cc(F)cc(OCc3cc(F)c(F)c(F)c3)c2)CC1. The highest BCUT2D eigenvalue weighted by atomic mass is 19.2. The van der Waals surface area contributed by atoms with E-state index in [4.69, 9.17) is 4.74 Å². The molecule has 0 N–H and O–H groups in total. The highest BCUT2D eigenvalue weighted by Gasteiger charge is 2.23. The van der Waals surface area contributed by atoms with Crippen LogP contribution in [0, 0.1) is 29.2 Å². The first-order valence-corrected chi connectivity index (χ1v) is 10.0. The summed E-state index contributed by atoms with van der Waals surface area (Å²) in [6, 6.07) is 6.37. The minimum atomic E-state index is -1.51. The van der Waals surface area contributed by atoms with Crippen LogP contribution in [0.1, 0.15) is 68.9 Å². The monoisotopic (exact) mass is 394 g/mol. The number of rotatable bonds is 7. The van der Waals surface area contributed by atoms with E-state index in [2.05, 4.69) is 6.92 Å². The van der Waals surface area contributed by atoms with Crippen LogP contribution >= 0.6 is 0 Å². The number of hydrogen-bond donors (Lipinski definition) is 0. The molecule has 1 saturated carbocycles. The van der Waals surface area contributed by atoms with Crippen LogP contribution in [0.25, 0.3) is 0 Å². The van der Waals surface area contributed by atoms with E-state index in [1.807, 2.05) is 0 Å². The molecule has 0 aromatic heterocycles. The molecule has 152 valence electrons. The van der Waals surface area contributed by atoms with Gasteiger partial charge in [0.1, 0.15) is 18.2 Å². The Kier molecular flexibility index (Phi) is 6.97. The fourth-order valence-corrected chi connectivity index (χ4v) is 4.04. The summed E-state index contributed by atoms with van der Waals surface area (Å²) in [4.78, 5) is 0. The van der Waals surface area contributed by atoms with E-state index < -0.39 is 23.3 Å². The minimum Gasteiger partial charge on any atom is -0.489 e. The highest BCUT2D eigenvalue weighted by molar-refractivity contribution is 5.32. The van der Waals surface area contributed by atoms with Crippen LogP contribution in [-0.4, -0.2) is 0 Å². The Balaban J connectivity index is 1.64. The zero-order valence-electron chi connectivity index (χ0n) is 16.1. The second kappa shape index (κ2) is 9.44. The molecule has 0 aliphatic heterocycles. The van der Waals surface area contributed by atoms with Gasteiger partial charge in [0, 0.05) is 6.07 Å². The van der Waals surface area contributed by atoms with Gasteiger partial charge in [-0.2, -0.15) is 0 Å². The molecule has 1 fully saturated rings. The molecule has 3 rings (SSSR count). The molecule has 5 heteroatoms. The first-order valence-electron chi connectivity index (χ1n) is 10.0. The maximum atomic E-state index is 14.1. The smallest absolute Gasteiger partial charge is 0.194 e. The third-order valence-corrected chi connectivity index (χ3v) is 5.63. The van der Waals surface area contributed by atoms with Crippen molar-refractivity contribution in [3.05, 3.63) is 64.7 Å². The van der Waals surface area contributed by atoms with Crippen LogP contribution in [-0.2, 0) is 6.61 Å². The normalized spacial score (nSPS) is 19.6. The van der Waals surface area contributed by atoms with Gasteiger partial charge in [-0.1, -0.05) is 26.2 Å². The van der Waals surface area contributed by atoms with Crippen molar-refractivity contribution in [2.45, 2.75) is 64.4 Å². The second-order valence-corrected chi connectivity index (χ2v) is 7.74. The molecule has 0 radical (unpaired) electrons. The van der Waals surface area contributed by atoms with E-state index in [-0.39, 0.29) is 12.2 Å². The van der Waals surface area contributed by atoms with Gasteiger partial charge >= 0.3 is 0 Å². The first-order chi connectivity index (χ1) is 13.5. The number of halogens is 4. The Morgan fingerprint density at radius 2 is 1.57 bits per heavy atom. The Hall–Kier alpha value is -2.04. The van der Waals surface area contributed by atoms with Crippen molar-refractivity contribution in [1.29, 1.82) is 0 Å². The average molecular weight is 394 g/mol. The maximum Gasteiger partial charge on any atom is 0.194 e. The predicted molar refractivity (Wildman–Crippen MR) is 101 cm³/mol. The molecule has 0 bridgehead atoms. The second-order valence-electron chi connectivity index (χ2n) is 7.74. The van der Waals surface area contributed by atoms with Crippen LogP contribution in [0.4, 0.5) is 17.6 Å². The molecule has 0 saturated heterocycles. The van der Waals surface area contributed by atoms with E-state index in [9.17, 15) is 17.6 Å². The summed E-state index contributed by atoms with van der Waals surface area (Å²) in [5.74, 6) is -3.05. The third kappa shape index (κ3) is 5.27. The summed E-state index contributed by atoms with van der Waals surface area (Å²) < 4.78 is 59.3. The molecule has 1 nitrogen and oxygen atoms in total. The van der Waals surface area contributed by atoms with Gasteiger partial charge in [-0.05, 0) is 72.9 Å². The third-order valence-electron chi connectivity index (χ3n) is 5.63. The number of benzene rings is 2. The molecular formula is C23H26F4O. The van der Waals surface area contributed by atoms with Crippen LogP contribution < -0.4 is 4.74 Å². The van der Waals surface area contributed by atoms with E-state index >= 15 is 0 Å². The van der Waals surface area contributed by atoms with Gasteiger partial charge in [0.15, 0.2) is 17.5 Å². The van der Waals surface area contributed by atoms with Crippen molar-refractivity contribution in [3.63, 3.8) is 0 Å². The molecule has 0 amide bonds. The standard InChI is InChI=1S/C23H26F4O/c1-2-3-4-15-5-7-17(8-6-15)18-11-19(24)13-20(12-18)28-14-16-9-21(25)23(27)22(26)10-16/h9-13,15,17H,2-8,14H2,1H3. The molecule has 0 unspecified atom stereocenters. The lowest BCUT2D eigenvalue weighted by Crippen LogP contribution is -2.13. The molecule has 28 heavy (non-hydrogen) atoms. The Bertz CT molecular complexity index is 774. The molecule has 0 heterocycles. The first kappa shape index (κ1) is 20.7. The summed E-state index contributed by atoms with van der Waals surface area (Å²) in [6.07, 6.45) is 8.13.